The maximum atomic E-state index is 12.2. The lowest BCUT2D eigenvalue weighted by Crippen LogP contribution is -2.27. The molecule has 3 aromatic rings. The fourth-order valence-electron chi connectivity index (χ4n) is 3.41. The highest BCUT2D eigenvalue weighted by molar-refractivity contribution is 5.84. The molecule has 0 spiro atoms. The average Bonchev–Trinajstić information content (AvgIpc) is 3.19. The Morgan fingerprint density at radius 1 is 1.15 bits per heavy atom. The Hall–Kier alpha value is -2.95. The predicted octanol–water partition coefficient (Wildman–Crippen LogP) is 3.12. The molecule has 1 aliphatic rings. The molecule has 134 valence electrons. The fourth-order valence-corrected chi connectivity index (χ4v) is 3.41. The van der Waals surface area contributed by atoms with E-state index in [0.717, 1.165) is 17.7 Å². The number of aromatic nitrogens is 1. The van der Waals surface area contributed by atoms with Gasteiger partial charge in [0.2, 0.25) is 12.7 Å². The molecule has 1 aromatic heterocycles. The molecule has 1 N–H and O–H groups in total. The van der Waals surface area contributed by atoms with Gasteiger partial charge in [0, 0.05) is 30.7 Å². The third-order valence-electron chi connectivity index (χ3n) is 4.75. The van der Waals surface area contributed by atoms with Crippen molar-refractivity contribution in [3.63, 3.8) is 0 Å². The van der Waals surface area contributed by atoms with Crippen molar-refractivity contribution in [3.05, 3.63) is 59.3 Å². The van der Waals surface area contributed by atoms with E-state index >= 15 is 0 Å². The first-order valence-corrected chi connectivity index (χ1v) is 8.80. The van der Waals surface area contributed by atoms with Crippen LogP contribution in [0.3, 0.4) is 0 Å². The third kappa shape index (κ3) is 3.25. The van der Waals surface area contributed by atoms with Crippen LogP contribution in [0.15, 0.2) is 42.6 Å². The Balaban J connectivity index is 1.35. The molecule has 0 saturated heterocycles. The van der Waals surface area contributed by atoms with E-state index in [4.69, 9.17) is 9.47 Å². The van der Waals surface area contributed by atoms with Crippen molar-refractivity contribution >= 4 is 16.8 Å². The first-order chi connectivity index (χ1) is 12.6. The van der Waals surface area contributed by atoms with Gasteiger partial charge in [-0.25, -0.2) is 0 Å². The first kappa shape index (κ1) is 16.5. The second-order valence-corrected chi connectivity index (χ2v) is 6.75. The number of benzene rings is 2. The molecule has 2 heterocycles. The molecule has 0 fully saturated rings. The number of nitrogens with zero attached hydrogens (tertiary/aromatic N) is 1. The molecular weight excluding hydrogens is 328 g/mol. The summed E-state index contributed by atoms with van der Waals surface area (Å²) in [6, 6.07) is 12.1. The molecule has 5 heteroatoms. The van der Waals surface area contributed by atoms with Crippen molar-refractivity contribution in [1.82, 2.24) is 9.88 Å². The number of hydrogen-bond acceptors (Lipinski definition) is 3. The lowest BCUT2D eigenvalue weighted by Gasteiger charge is -2.06. The van der Waals surface area contributed by atoms with Crippen LogP contribution >= 0.6 is 0 Å². The number of nitrogens with one attached hydrogen (secondary N) is 1. The van der Waals surface area contributed by atoms with Gasteiger partial charge >= 0.3 is 0 Å². The maximum absolute atomic E-state index is 12.2. The van der Waals surface area contributed by atoms with Crippen LogP contribution in [0, 0.1) is 6.92 Å². The molecule has 1 aliphatic heterocycles. The summed E-state index contributed by atoms with van der Waals surface area (Å²) < 4.78 is 12.8. The summed E-state index contributed by atoms with van der Waals surface area (Å²) in [6.07, 6.45) is 3.30. The molecule has 0 radical (unpaired) electrons. The molecule has 0 saturated carbocycles. The van der Waals surface area contributed by atoms with Crippen molar-refractivity contribution in [1.29, 1.82) is 0 Å². The molecular formula is C21H22N2O3. The van der Waals surface area contributed by atoms with E-state index in [1.165, 1.54) is 22.0 Å². The van der Waals surface area contributed by atoms with Crippen LogP contribution < -0.4 is 14.8 Å². The van der Waals surface area contributed by atoms with Gasteiger partial charge < -0.3 is 19.4 Å². The number of hydrogen-bond donors (Lipinski definition) is 1. The smallest absolute Gasteiger partial charge is 0.231 e. The summed E-state index contributed by atoms with van der Waals surface area (Å²) in [4.78, 5) is 12.2. The highest BCUT2D eigenvalue weighted by atomic mass is 16.7. The molecule has 2 aromatic carbocycles. The van der Waals surface area contributed by atoms with E-state index in [1.54, 1.807) is 0 Å². The molecule has 1 amide bonds. The van der Waals surface area contributed by atoms with Crippen LogP contribution in [0.25, 0.3) is 10.9 Å². The third-order valence-corrected chi connectivity index (χ3v) is 4.75. The van der Waals surface area contributed by atoms with Gasteiger partial charge in [0.1, 0.15) is 0 Å². The van der Waals surface area contributed by atoms with Crippen LogP contribution in [0.1, 0.15) is 16.7 Å². The standard InChI is InChI=1S/C21H22N2O3/c1-14-3-5-17-16(12-23(2)18(17)9-14)7-8-22-21(24)11-15-4-6-19-20(10-15)26-13-25-19/h3-6,9-10,12H,7-8,11,13H2,1-2H3,(H,22,24). The van der Waals surface area contributed by atoms with Crippen LogP contribution in [-0.4, -0.2) is 23.8 Å². The molecule has 0 aliphatic carbocycles. The zero-order valence-corrected chi connectivity index (χ0v) is 15.0. The number of fused-ring (bicyclic) bond motifs is 2. The topological polar surface area (TPSA) is 52.5 Å². The highest BCUT2D eigenvalue weighted by Crippen LogP contribution is 2.32. The number of rotatable bonds is 5. The van der Waals surface area contributed by atoms with E-state index in [1.807, 2.05) is 18.2 Å². The van der Waals surface area contributed by atoms with Gasteiger partial charge in [-0.15, -0.1) is 0 Å². The molecule has 26 heavy (non-hydrogen) atoms. The minimum absolute atomic E-state index is 0.0138. The Labute approximate surface area is 152 Å². The SMILES string of the molecule is Cc1ccc2c(CCNC(=O)Cc3ccc4c(c3)OCO4)cn(C)c2c1. The zero-order chi connectivity index (χ0) is 18.1. The zero-order valence-electron chi connectivity index (χ0n) is 15.0. The summed E-state index contributed by atoms with van der Waals surface area (Å²) in [7, 11) is 2.06. The largest absolute Gasteiger partial charge is 0.454 e. The van der Waals surface area contributed by atoms with Gasteiger partial charge in [-0.05, 0) is 48.2 Å². The van der Waals surface area contributed by atoms with Crippen molar-refractivity contribution < 1.29 is 14.3 Å². The van der Waals surface area contributed by atoms with Gasteiger partial charge in [-0.3, -0.25) is 4.79 Å². The van der Waals surface area contributed by atoms with Gasteiger partial charge in [-0.1, -0.05) is 18.2 Å². The normalized spacial score (nSPS) is 12.5. The van der Waals surface area contributed by atoms with Crippen LogP contribution in [0.5, 0.6) is 11.5 Å². The van der Waals surface area contributed by atoms with E-state index in [-0.39, 0.29) is 12.7 Å². The second kappa shape index (κ2) is 6.75. The quantitative estimate of drug-likeness (QED) is 0.769. The van der Waals surface area contributed by atoms with Crippen LogP contribution in [-0.2, 0) is 24.7 Å². The summed E-state index contributed by atoms with van der Waals surface area (Å²) in [5.74, 6) is 1.46. The van der Waals surface area contributed by atoms with Crippen LogP contribution in [0.4, 0.5) is 0 Å². The summed E-state index contributed by atoms with van der Waals surface area (Å²) in [6.45, 7) is 2.97. The second-order valence-electron chi connectivity index (χ2n) is 6.75. The minimum atomic E-state index is 0.0138. The molecule has 0 bridgehead atoms. The summed E-state index contributed by atoms with van der Waals surface area (Å²) in [5.41, 5.74) is 4.66. The van der Waals surface area contributed by atoms with Crippen molar-refractivity contribution in [2.24, 2.45) is 7.05 Å². The molecule has 4 rings (SSSR count). The molecule has 0 unspecified atom stereocenters. The Kier molecular flexibility index (Phi) is 4.29. The van der Waals surface area contributed by atoms with Crippen molar-refractivity contribution in [2.45, 2.75) is 19.8 Å². The number of aryl methyl sites for hydroxylation is 2. The summed E-state index contributed by atoms with van der Waals surface area (Å²) in [5, 5.41) is 4.27. The maximum Gasteiger partial charge on any atom is 0.231 e. The Morgan fingerprint density at radius 3 is 2.88 bits per heavy atom. The summed E-state index contributed by atoms with van der Waals surface area (Å²) >= 11 is 0. The van der Waals surface area contributed by atoms with E-state index in [2.05, 4.69) is 48.3 Å². The van der Waals surface area contributed by atoms with Gasteiger partial charge in [-0.2, -0.15) is 0 Å². The molecule has 5 nitrogen and oxygen atoms in total. The highest BCUT2D eigenvalue weighted by Gasteiger charge is 2.14. The molecule has 0 atom stereocenters. The Morgan fingerprint density at radius 2 is 2.00 bits per heavy atom. The number of ether oxygens (including phenoxy) is 2. The lowest BCUT2D eigenvalue weighted by molar-refractivity contribution is -0.120. The monoisotopic (exact) mass is 350 g/mol. The van der Waals surface area contributed by atoms with E-state index in [0.29, 0.717) is 18.7 Å². The number of carbonyl (C=O) groups is 1. The Bertz CT molecular complexity index is 975. The van der Waals surface area contributed by atoms with E-state index < -0.39 is 0 Å². The van der Waals surface area contributed by atoms with Crippen LogP contribution in [0.2, 0.25) is 0 Å². The number of carbonyl (C=O) groups excluding carboxylic acids is 1. The minimum Gasteiger partial charge on any atom is -0.454 e. The number of amides is 1. The van der Waals surface area contributed by atoms with Gasteiger partial charge in [0.05, 0.1) is 6.42 Å². The van der Waals surface area contributed by atoms with Crippen molar-refractivity contribution in [3.8, 4) is 11.5 Å². The lowest BCUT2D eigenvalue weighted by atomic mass is 10.1. The van der Waals surface area contributed by atoms with E-state index in [9.17, 15) is 4.79 Å². The first-order valence-electron chi connectivity index (χ1n) is 8.80. The predicted molar refractivity (Wildman–Crippen MR) is 101 cm³/mol. The fraction of sp³-hybridized carbons (Fsp3) is 0.286. The van der Waals surface area contributed by atoms with Crippen molar-refractivity contribution in [2.75, 3.05) is 13.3 Å². The van der Waals surface area contributed by atoms with Gasteiger partial charge in [0.25, 0.3) is 0 Å². The van der Waals surface area contributed by atoms with Gasteiger partial charge in [0.15, 0.2) is 11.5 Å². The average molecular weight is 350 g/mol.